The standard InChI is InChI=1S/C15H12FNO2Se/c16-12-1-3-14(4-2-12)19-15-7-5-13(6-8-15)18-9-10-20-11-17/h1-8H,9-10H2. The molecule has 0 saturated carbocycles. The zero-order valence-electron chi connectivity index (χ0n) is 10.6. The van der Waals surface area contributed by atoms with Crippen molar-refractivity contribution in [3.05, 3.63) is 54.3 Å². The predicted molar refractivity (Wildman–Crippen MR) is 74.6 cm³/mol. The SMILES string of the molecule is N#C[Se]CCOc1ccc(Oc2ccc(F)cc2)cc1. The molecule has 0 unspecified atom stereocenters. The number of halogens is 1. The molecule has 0 aromatic heterocycles. The summed E-state index contributed by atoms with van der Waals surface area (Å²) >= 11 is -0.00830. The van der Waals surface area contributed by atoms with Crippen LogP contribution in [-0.4, -0.2) is 21.6 Å². The fourth-order valence-corrected chi connectivity index (χ4v) is 2.03. The average Bonchev–Trinajstić information content (AvgIpc) is 2.48. The van der Waals surface area contributed by atoms with Crippen LogP contribution < -0.4 is 9.47 Å². The Hall–Kier alpha value is -2.02. The molecule has 0 radical (unpaired) electrons. The van der Waals surface area contributed by atoms with Crippen LogP contribution in [0.15, 0.2) is 48.5 Å². The molecule has 0 N–H and O–H groups in total. The molecule has 0 bridgehead atoms. The van der Waals surface area contributed by atoms with E-state index in [1.807, 2.05) is 0 Å². The van der Waals surface area contributed by atoms with Crippen molar-refractivity contribution in [1.29, 1.82) is 5.26 Å². The van der Waals surface area contributed by atoms with Gasteiger partial charge in [-0.05, 0) is 0 Å². The minimum absolute atomic E-state index is 0.00830. The maximum absolute atomic E-state index is 12.8. The third-order valence-corrected chi connectivity index (χ3v) is 3.44. The Kier molecular flexibility index (Phi) is 5.42. The second-order valence-electron chi connectivity index (χ2n) is 3.82. The molecule has 0 aliphatic carbocycles. The second kappa shape index (κ2) is 7.54. The van der Waals surface area contributed by atoms with Gasteiger partial charge in [0.05, 0.1) is 0 Å². The molecule has 2 rings (SSSR count). The van der Waals surface area contributed by atoms with E-state index in [1.54, 1.807) is 36.4 Å². The molecule has 3 nitrogen and oxygen atoms in total. The molecule has 0 aliphatic heterocycles. The summed E-state index contributed by atoms with van der Waals surface area (Å²) in [7, 11) is 0. The van der Waals surface area contributed by atoms with Gasteiger partial charge in [-0.3, -0.25) is 0 Å². The fraction of sp³-hybridized carbons (Fsp3) is 0.133. The first kappa shape index (κ1) is 14.4. The molecule has 0 fully saturated rings. The van der Waals surface area contributed by atoms with Gasteiger partial charge in [-0.2, -0.15) is 0 Å². The van der Waals surface area contributed by atoms with E-state index in [2.05, 4.69) is 4.97 Å². The summed E-state index contributed by atoms with van der Waals surface area (Å²) in [6, 6.07) is 13.0. The average molecular weight is 336 g/mol. The van der Waals surface area contributed by atoms with Gasteiger partial charge >= 0.3 is 118 Å². The summed E-state index contributed by atoms with van der Waals surface area (Å²) in [4.78, 5) is 2.13. The zero-order valence-corrected chi connectivity index (χ0v) is 12.3. The van der Waals surface area contributed by atoms with Crippen molar-refractivity contribution < 1.29 is 13.9 Å². The molecule has 0 saturated heterocycles. The van der Waals surface area contributed by atoms with Crippen LogP contribution in [0, 0.1) is 16.0 Å². The number of rotatable bonds is 6. The molecule has 0 heterocycles. The summed E-state index contributed by atoms with van der Waals surface area (Å²) in [6.07, 6.45) is 0. The van der Waals surface area contributed by atoms with Crippen LogP contribution in [0.3, 0.4) is 0 Å². The first-order valence-electron chi connectivity index (χ1n) is 5.95. The van der Waals surface area contributed by atoms with Gasteiger partial charge in [0.1, 0.15) is 0 Å². The van der Waals surface area contributed by atoms with Gasteiger partial charge in [0.25, 0.3) is 0 Å². The third kappa shape index (κ3) is 4.58. The Morgan fingerprint density at radius 2 is 1.50 bits per heavy atom. The van der Waals surface area contributed by atoms with Crippen molar-refractivity contribution in [2.24, 2.45) is 0 Å². The normalized spacial score (nSPS) is 9.80. The Morgan fingerprint density at radius 3 is 2.10 bits per heavy atom. The van der Waals surface area contributed by atoms with Crippen molar-refractivity contribution in [2.45, 2.75) is 5.32 Å². The molecule has 5 heteroatoms. The quantitative estimate of drug-likeness (QED) is 0.598. The summed E-state index contributed by atoms with van der Waals surface area (Å²) in [6.45, 7) is 0.547. The van der Waals surface area contributed by atoms with Crippen LogP contribution >= 0.6 is 0 Å². The Bertz CT molecular complexity index is 578. The Morgan fingerprint density at radius 1 is 0.950 bits per heavy atom. The van der Waals surface area contributed by atoms with Crippen LogP contribution in [0.4, 0.5) is 4.39 Å². The summed E-state index contributed by atoms with van der Waals surface area (Å²) in [5.74, 6) is 1.69. The van der Waals surface area contributed by atoms with E-state index in [0.717, 1.165) is 11.1 Å². The van der Waals surface area contributed by atoms with Crippen LogP contribution in [0.2, 0.25) is 5.32 Å². The molecular weight excluding hydrogens is 324 g/mol. The molecule has 0 spiro atoms. The predicted octanol–water partition coefficient (Wildman–Crippen LogP) is 3.60. The Labute approximate surface area is 123 Å². The number of nitriles is 1. The molecule has 2 aromatic carbocycles. The van der Waals surface area contributed by atoms with Gasteiger partial charge in [-0.1, -0.05) is 0 Å². The monoisotopic (exact) mass is 337 g/mol. The van der Waals surface area contributed by atoms with Crippen LogP contribution in [0.25, 0.3) is 0 Å². The summed E-state index contributed by atoms with van der Waals surface area (Å²) in [5, 5.41) is 9.21. The van der Waals surface area contributed by atoms with Crippen LogP contribution in [0.1, 0.15) is 0 Å². The maximum atomic E-state index is 12.8. The molecule has 20 heavy (non-hydrogen) atoms. The fourth-order valence-electron chi connectivity index (χ4n) is 1.49. The van der Waals surface area contributed by atoms with E-state index in [-0.39, 0.29) is 20.8 Å². The van der Waals surface area contributed by atoms with E-state index < -0.39 is 0 Å². The van der Waals surface area contributed by atoms with Gasteiger partial charge in [0, 0.05) is 0 Å². The van der Waals surface area contributed by atoms with Gasteiger partial charge in [-0.25, -0.2) is 4.39 Å². The van der Waals surface area contributed by atoms with Crippen LogP contribution in [0.5, 0.6) is 17.2 Å². The van der Waals surface area contributed by atoms with E-state index in [4.69, 9.17) is 14.7 Å². The zero-order chi connectivity index (χ0) is 14.2. The second-order valence-corrected chi connectivity index (χ2v) is 5.66. The molecule has 102 valence electrons. The Balaban J connectivity index is 1.88. The van der Waals surface area contributed by atoms with E-state index in [1.165, 1.54) is 12.1 Å². The number of benzene rings is 2. The van der Waals surface area contributed by atoms with E-state index in [0.29, 0.717) is 18.1 Å². The molecular formula is C15H12FNO2Se. The number of nitrogens with zero attached hydrogens (tertiary/aromatic N) is 1. The van der Waals surface area contributed by atoms with Gasteiger partial charge in [0.2, 0.25) is 0 Å². The van der Waals surface area contributed by atoms with Crippen molar-refractivity contribution >= 4 is 15.0 Å². The van der Waals surface area contributed by atoms with Crippen molar-refractivity contribution in [2.75, 3.05) is 6.61 Å². The topological polar surface area (TPSA) is 42.2 Å². The number of ether oxygens (including phenoxy) is 2. The van der Waals surface area contributed by atoms with Gasteiger partial charge in [-0.15, -0.1) is 0 Å². The summed E-state index contributed by atoms with van der Waals surface area (Å²) < 4.78 is 23.8. The van der Waals surface area contributed by atoms with Crippen molar-refractivity contribution in [1.82, 2.24) is 0 Å². The molecule has 0 amide bonds. The van der Waals surface area contributed by atoms with E-state index in [9.17, 15) is 4.39 Å². The summed E-state index contributed by atoms with van der Waals surface area (Å²) in [5.41, 5.74) is 0. The first-order chi connectivity index (χ1) is 9.78. The molecule has 0 atom stereocenters. The molecule has 0 aliphatic rings. The molecule has 2 aromatic rings. The first-order valence-corrected chi connectivity index (χ1v) is 8.02. The van der Waals surface area contributed by atoms with Crippen molar-refractivity contribution in [3.63, 3.8) is 0 Å². The van der Waals surface area contributed by atoms with Crippen LogP contribution in [-0.2, 0) is 0 Å². The van der Waals surface area contributed by atoms with E-state index >= 15 is 0 Å². The minimum atomic E-state index is -0.292. The van der Waals surface area contributed by atoms with Crippen molar-refractivity contribution in [3.8, 4) is 22.2 Å². The third-order valence-electron chi connectivity index (χ3n) is 2.39. The number of hydrogen-bond donors (Lipinski definition) is 0. The number of hydrogen-bond acceptors (Lipinski definition) is 3. The van der Waals surface area contributed by atoms with Gasteiger partial charge in [0.15, 0.2) is 0 Å². The van der Waals surface area contributed by atoms with Gasteiger partial charge < -0.3 is 0 Å².